The molecule has 3 nitrogen and oxygen atoms in total. The average Bonchev–Trinajstić information content (AvgIpc) is 2.60. The third kappa shape index (κ3) is 1.29. The highest BCUT2D eigenvalue weighted by molar-refractivity contribution is 7.20. The fourth-order valence-corrected chi connectivity index (χ4v) is 2.28. The van der Waals surface area contributed by atoms with Gasteiger partial charge in [0.1, 0.15) is 5.84 Å². The molecule has 0 aliphatic rings. The maximum atomic E-state index is 10.7. The third-order valence-electron chi connectivity index (χ3n) is 1.99. The van der Waals surface area contributed by atoms with Gasteiger partial charge in [0.2, 0.25) is 0 Å². The number of hydrogen-bond acceptors (Lipinski definition) is 3. The van der Waals surface area contributed by atoms with Gasteiger partial charge in [-0.1, -0.05) is 12.1 Å². The monoisotopic (exact) mass is 204 g/mol. The predicted molar refractivity (Wildman–Crippen MR) is 58.2 cm³/mol. The number of amidine groups is 1. The van der Waals surface area contributed by atoms with Crippen LogP contribution in [0.25, 0.3) is 10.1 Å². The van der Waals surface area contributed by atoms with E-state index in [0.717, 1.165) is 16.4 Å². The molecule has 2 aromatic rings. The van der Waals surface area contributed by atoms with Crippen molar-refractivity contribution in [1.82, 2.24) is 0 Å². The molecule has 0 fully saturated rings. The normalized spacial score (nSPS) is 10.3. The summed E-state index contributed by atoms with van der Waals surface area (Å²) in [5.41, 5.74) is 6.02. The first-order valence-electron chi connectivity index (χ1n) is 4.04. The van der Waals surface area contributed by atoms with Crippen LogP contribution in [0.5, 0.6) is 0 Å². The van der Waals surface area contributed by atoms with Crippen LogP contribution in [0.15, 0.2) is 24.3 Å². The Balaban J connectivity index is 2.76. The van der Waals surface area contributed by atoms with Gasteiger partial charge in [-0.15, -0.1) is 11.3 Å². The van der Waals surface area contributed by atoms with Gasteiger partial charge in [-0.2, -0.15) is 0 Å². The van der Waals surface area contributed by atoms with E-state index in [9.17, 15) is 4.79 Å². The molecule has 4 heteroatoms. The summed E-state index contributed by atoms with van der Waals surface area (Å²) in [6.45, 7) is 0. The van der Waals surface area contributed by atoms with E-state index in [4.69, 9.17) is 11.1 Å². The zero-order valence-corrected chi connectivity index (χ0v) is 8.10. The number of nitrogen functional groups attached to an aromatic ring is 1. The zero-order valence-electron chi connectivity index (χ0n) is 7.28. The number of nitrogens with two attached hydrogens (primary N) is 1. The molecule has 1 heterocycles. The zero-order chi connectivity index (χ0) is 10.1. The summed E-state index contributed by atoms with van der Waals surface area (Å²) in [6.07, 6.45) is 0.818. The molecule has 0 aliphatic carbocycles. The molecule has 0 atom stereocenters. The topological polar surface area (TPSA) is 66.9 Å². The molecular weight excluding hydrogens is 196 g/mol. The molecule has 2 rings (SSSR count). The minimum absolute atomic E-state index is 0.0445. The van der Waals surface area contributed by atoms with Crippen molar-refractivity contribution in [1.29, 1.82) is 5.41 Å². The molecule has 0 spiro atoms. The number of aldehydes is 1. The second-order valence-corrected chi connectivity index (χ2v) is 3.99. The maximum Gasteiger partial charge on any atom is 0.150 e. The first-order valence-corrected chi connectivity index (χ1v) is 4.86. The lowest BCUT2D eigenvalue weighted by molar-refractivity contribution is 0.112. The van der Waals surface area contributed by atoms with E-state index in [1.54, 1.807) is 12.1 Å². The Kier molecular flexibility index (Phi) is 2.05. The number of nitrogens with one attached hydrogen (secondary N) is 1. The molecule has 3 N–H and O–H groups in total. The molecule has 0 saturated carbocycles. The summed E-state index contributed by atoms with van der Waals surface area (Å²) < 4.78 is 0.986. The highest BCUT2D eigenvalue weighted by atomic mass is 32.1. The number of benzene rings is 1. The van der Waals surface area contributed by atoms with Crippen molar-refractivity contribution in [3.8, 4) is 0 Å². The number of carbonyl (C=O) groups is 1. The quantitative estimate of drug-likeness (QED) is 0.446. The average molecular weight is 204 g/mol. The van der Waals surface area contributed by atoms with E-state index < -0.39 is 0 Å². The van der Waals surface area contributed by atoms with Crippen LogP contribution in [0.3, 0.4) is 0 Å². The molecule has 1 aromatic carbocycles. The Morgan fingerprint density at radius 2 is 2.29 bits per heavy atom. The van der Waals surface area contributed by atoms with Crippen molar-refractivity contribution < 1.29 is 4.79 Å². The van der Waals surface area contributed by atoms with Gasteiger partial charge in [-0.05, 0) is 12.1 Å². The molecule has 0 unspecified atom stereocenters. The smallest absolute Gasteiger partial charge is 0.150 e. The van der Waals surface area contributed by atoms with Gasteiger partial charge < -0.3 is 5.73 Å². The van der Waals surface area contributed by atoms with Gasteiger partial charge in [-0.25, -0.2) is 0 Å². The second-order valence-electron chi connectivity index (χ2n) is 2.90. The number of hydrogen-bond donors (Lipinski definition) is 2. The summed E-state index contributed by atoms with van der Waals surface area (Å²) in [4.78, 5) is 11.4. The standard InChI is InChI=1S/C10H8N2OS/c11-10(12)9-4-7-6(5-13)2-1-3-8(7)14-9/h1-5H,(H3,11,12). The van der Waals surface area contributed by atoms with E-state index in [-0.39, 0.29) is 5.84 Å². The van der Waals surface area contributed by atoms with Crippen LogP contribution < -0.4 is 5.73 Å². The van der Waals surface area contributed by atoms with E-state index in [1.807, 2.05) is 12.1 Å². The number of rotatable bonds is 2. The van der Waals surface area contributed by atoms with Crippen LogP contribution in [-0.2, 0) is 0 Å². The third-order valence-corrected chi connectivity index (χ3v) is 3.12. The van der Waals surface area contributed by atoms with Crippen molar-refractivity contribution in [3.05, 3.63) is 34.7 Å². The van der Waals surface area contributed by atoms with Gasteiger partial charge in [0, 0.05) is 15.6 Å². The highest BCUT2D eigenvalue weighted by Gasteiger charge is 2.06. The highest BCUT2D eigenvalue weighted by Crippen LogP contribution is 2.27. The van der Waals surface area contributed by atoms with E-state index >= 15 is 0 Å². The lowest BCUT2D eigenvalue weighted by atomic mass is 10.1. The lowest BCUT2D eigenvalue weighted by Crippen LogP contribution is -2.08. The van der Waals surface area contributed by atoms with Crippen molar-refractivity contribution in [2.24, 2.45) is 5.73 Å². The van der Waals surface area contributed by atoms with E-state index in [0.29, 0.717) is 10.4 Å². The van der Waals surface area contributed by atoms with E-state index in [1.165, 1.54) is 11.3 Å². The van der Waals surface area contributed by atoms with Crippen LogP contribution in [0.1, 0.15) is 15.2 Å². The van der Waals surface area contributed by atoms with Gasteiger partial charge in [0.25, 0.3) is 0 Å². The summed E-state index contributed by atoms with van der Waals surface area (Å²) >= 11 is 1.43. The van der Waals surface area contributed by atoms with Crippen LogP contribution in [0.4, 0.5) is 0 Å². The van der Waals surface area contributed by atoms with Crippen molar-refractivity contribution in [2.75, 3.05) is 0 Å². The summed E-state index contributed by atoms with van der Waals surface area (Å²) in [7, 11) is 0. The summed E-state index contributed by atoms with van der Waals surface area (Å²) in [5.74, 6) is 0.0445. The Bertz CT molecular complexity index is 516. The van der Waals surface area contributed by atoms with Crippen LogP contribution in [0, 0.1) is 5.41 Å². The van der Waals surface area contributed by atoms with Crippen molar-refractivity contribution in [2.45, 2.75) is 0 Å². The Morgan fingerprint density at radius 1 is 1.50 bits per heavy atom. The molecule has 1 aromatic heterocycles. The molecule has 0 amide bonds. The Morgan fingerprint density at radius 3 is 2.93 bits per heavy atom. The second kappa shape index (κ2) is 3.23. The molecule has 70 valence electrons. The fraction of sp³-hybridized carbons (Fsp3) is 0. The number of carbonyl (C=O) groups excluding carboxylic acids is 1. The minimum Gasteiger partial charge on any atom is -0.383 e. The molecule has 0 radical (unpaired) electrons. The van der Waals surface area contributed by atoms with Gasteiger partial charge in [0.15, 0.2) is 6.29 Å². The molecule has 14 heavy (non-hydrogen) atoms. The molecule has 0 bridgehead atoms. The van der Waals surface area contributed by atoms with Crippen LogP contribution in [-0.4, -0.2) is 12.1 Å². The van der Waals surface area contributed by atoms with Crippen LogP contribution in [0.2, 0.25) is 0 Å². The molecule has 0 aliphatic heterocycles. The van der Waals surface area contributed by atoms with Crippen LogP contribution >= 0.6 is 11.3 Å². The van der Waals surface area contributed by atoms with Gasteiger partial charge in [-0.3, -0.25) is 10.2 Å². The lowest BCUT2D eigenvalue weighted by Gasteiger charge is -1.90. The SMILES string of the molecule is N=C(N)c1cc2c(C=O)cccc2s1. The predicted octanol–water partition coefficient (Wildman–Crippen LogP) is 2.00. The molecule has 0 saturated heterocycles. The number of thiophene rings is 1. The van der Waals surface area contributed by atoms with Gasteiger partial charge >= 0.3 is 0 Å². The number of fused-ring (bicyclic) bond motifs is 1. The summed E-state index contributed by atoms with van der Waals surface area (Å²) in [5, 5.41) is 8.17. The Hall–Kier alpha value is -1.68. The summed E-state index contributed by atoms with van der Waals surface area (Å²) in [6, 6.07) is 7.28. The molecular formula is C10H8N2OS. The maximum absolute atomic E-state index is 10.7. The minimum atomic E-state index is 0.0445. The Labute approximate surface area is 84.7 Å². The first-order chi connectivity index (χ1) is 6.72. The van der Waals surface area contributed by atoms with Crippen molar-refractivity contribution in [3.63, 3.8) is 0 Å². The first kappa shape index (κ1) is 8.90. The van der Waals surface area contributed by atoms with Crippen molar-refractivity contribution >= 4 is 33.5 Å². The fourth-order valence-electron chi connectivity index (χ4n) is 1.32. The van der Waals surface area contributed by atoms with E-state index in [2.05, 4.69) is 0 Å². The van der Waals surface area contributed by atoms with Gasteiger partial charge in [0.05, 0.1) is 4.88 Å². The largest absolute Gasteiger partial charge is 0.383 e.